The molecule has 0 bridgehead atoms. The minimum Gasteiger partial charge on any atom is -0.289 e. The molecule has 0 amide bonds. The molecule has 0 aliphatic heterocycles. The van der Waals surface area contributed by atoms with E-state index in [4.69, 9.17) is 0 Å². The average molecular weight is 303 g/mol. The molecule has 0 radical (unpaired) electrons. The van der Waals surface area contributed by atoms with Gasteiger partial charge in [0.1, 0.15) is 4.90 Å². The highest BCUT2D eigenvalue weighted by molar-refractivity contribution is 7.86. The van der Waals surface area contributed by atoms with Crippen molar-refractivity contribution in [1.29, 1.82) is 0 Å². The first kappa shape index (κ1) is 14.9. The Morgan fingerprint density at radius 2 is 1.57 bits per heavy atom. The van der Waals surface area contributed by atoms with Gasteiger partial charge in [-0.25, -0.2) is 0 Å². The van der Waals surface area contributed by atoms with Crippen molar-refractivity contribution in [1.82, 2.24) is 0 Å². The van der Waals surface area contributed by atoms with Gasteiger partial charge >= 0.3 is 10.1 Å². The van der Waals surface area contributed by atoms with Crippen LogP contribution in [-0.2, 0) is 14.4 Å². The number of hydrogen-bond donors (Lipinski definition) is 0. The Bertz CT molecular complexity index is 750. The molecule has 0 fully saturated rings. The first-order valence-electron chi connectivity index (χ1n) is 6.16. The van der Waals surface area contributed by atoms with E-state index in [0.29, 0.717) is 11.1 Å². The highest BCUT2D eigenvalue weighted by Gasteiger charge is 2.16. The number of hydrogen-bond acceptors (Lipinski definition) is 5. The summed E-state index contributed by atoms with van der Waals surface area (Å²) in [6, 6.07) is 14.3. The molecule has 21 heavy (non-hydrogen) atoms. The number of nitrogens with zero attached hydrogens (tertiary/aromatic N) is 1. The molecule has 2 rings (SSSR count). The number of carbonyl (C=O) groups excluding carboxylic acids is 1. The maximum absolute atomic E-state index is 12.2. The van der Waals surface area contributed by atoms with Crippen LogP contribution >= 0.6 is 0 Å². The van der Waals surface area contributed by atoms with Crippen molar-refractivity contribution in [3.05, 3.63) is 65.7 Å². The quantitative estimate of drug-likeness (QED) is 0.483. The molecule has 5 nitrogen and oxygen atoms in total. The van der Waals surface area contributed by atoms with Gasteiger partial charge in [0.15, 0.2) is 5.78 Å². The summed E-state index contributed by atoms with van der Waals surface area (Å²) in [7, 11) is -3.94. The van der Waals surface area contributed by atoms with Crippen LogP contribution in [0.4, 0.5) is 0 Å². The number of rotatable bonds is 5. The van der Waals surface area contributed by atoms with E-state index in [2.05, 4.69) is 9.44 Å². The van der Waals surface area contributed by atoms with Crippen LogP contribution in [0, 0.1) is 0 Å². The summed E-state index contributed by atoms with van der Waals surface area (Å²) in [4.78, 5) is 12.1. The summed E-state index contributed by atoms with van der Waals surface area (Å²) >= 11 is 0. The second-order valence-electron chi connectivity index (χ2n) is 4.11. The van der Waals surface area contributed by atoms with Crippen molar-refractivity contribution < 1.29 is 17.5 Å². The molecular weight excluding hydrogens is 290 g/mol. The van der Waals surface area contributed by atoms with Crippen molar-refractivity contribution >= 4 is 22.1 Å². The zero-order valence-corrected chi connectivity index (χ0v) is 12.1. The van der Waals surface area contributed by atoms with E-state index in [1.807, 2.05) is 6.07 Å². The highest BCUT2D eigenvalue weighted by Crippen LogP contribution is 2.16. The Kier molecular flexibility index (Phi) is 4.49. The lowest BCUT2D eigenvalue weighted by molar-refractivity contribution is 0.103. The van der Waals surface area contributed by atoms with Gasteiger partial charge in [-0.3, -0.25) is 9.08 Å². The molecule has 0 saturated heterocycles. The SMILES string of the molecule is CC=NOS(=O)(=O)c1ccc(C(=O)c2ccccc2)cc1. The molecule has 0 aliphatic rings. The lowest BCUT2D eigenvalue weighted by Gasteiger charge is -2.04. The Morgan fingerprint density at radius 3 is 2.14 bits per heavy atom. The molecule has 2 aromatic rings. The zero-order valence-electron chi connectivity index (χ0n) is 11.3. The smallest absolute Gasteiger partial charge is 0.289 e. The third-order valence-corrected chi connectivity index (χ3v) is 3.82. The molecule has 2 aromatic carbocycles. The molecule has 108 valence electrons. The van der Waals surface area contributed by atoms with Crippen molar-refractivity contribution in [2.45, 2.75) is 11.8 Å². The van der Waals surface area contributed by atoms with Gasteiger partial charge in [0, 0.05) is 17.3 Å². The molecule has 6 heteroatoms. The predicted molar refractivity (Wildman–Crippen MR) is 78.8 cm³/mol. The fourth-order valence-electron chi connectivity index (χ4n) is 1.67. The van der Waals surface area contributed by atoms with E-state index in [1.54, 1.807) is 24.3 Å². The molecule has 0 aromatic heterocycles. The van der Waals surface area contributed by atoms with Crippen LogP contribution in [-0.4, -0.2) is 20.4 Å². The largest absolute Gasteiger partial charge is 0.358 e. The second kappa shape index (κ2) is 6.32. The van der Waals surface area contributed by atoms with E-state index < -0.39 is 10.1 Å². The monoisotopic (exact) mass is 303 g/mol. The number of carbonyl (C=O) groups is 1. The predicted octanol–water partition coefficient (Wildman–Crippen LogP) is 2.63. The van der Waals surface area contributed by atoms with E-state index >= 15 is 0 Å². The van der Waals surface area contributed by atoms with Crippen molar-refractivity contribution in [3.63, 3.8) is 0 Å². The molecule has 0 N–H and O–H groups in total. The third kappa shape index (κ3) is 3.55. The summed E-state index contributed by atoms with van der Waals surface area (Å²) in [5.74, 6) is -0.174. The first-order chi connectivity index (χ1) is 10.0. The fourth-order valence-corrected chi connectivity index (χ4v) is 2.43. The van der Waals surface area contributed by atoms with Crippen molar-refractivity contribution in [2.24, 2.45) is 5.16 Å². The molecule has 0 atom stereocenters. The molecule has 0 spiro atoms. The molecule has 0 aliphatic carbocycles. The number of benzene rings is 2. The first-order valence-corrected chi connectivity index (χ1v) is 7.57. The Hall–Kier alpha value is -2.47. The normalized spacial score (nSPS) is 11.5. The summed E-state index contributed by atoms with van der Waals surface area (Å²) in [5, 5.41) is 3.25. The maximum atomic E-state index is 12.2. The van der Waals surface area contributed by atoms with Crippen LogP contribution in [0.1, 0.15) is 22.8 Å². The number of oxime groups is 1. The summed E-state index contributed by atoms with van der Waals surface area (Å²) in [5.41, 5.74) is 0.944. The standard InChI is InChI=1S/C15H13NO4S/c1-2-16-20-21(18,19)14-10-8-13(9-11-14)15(17)12-6-4-3-5-7-12/h2-11H,1H3. The van der Waals surface area contributed by atoms with Gasteiger partial charge in [-0.15, -0.1) is 0 Å². The summed E-state index contributed by atoms with van der Waals surface area (Å²) < 4.78 is 27.8. The minimum atomic E-state index is -3.94. The highest BCUT2D eigenvalue weighted by atomic mass is 32.2. The topological polar surface area (TPSA) is 72.8 Å². The van der Waals surface area contributed by atoms with E-state index in [0.717, 1.165) is 0 Å². The van der Waals surface area contributed by atoms with Crippen LogP contribution in [0.15, 0.2) is 64.6 Å². The molecule has 0 saturated carbocycles. The number of ketones is 1. The minimum absolute atomic E-state index is 0.0577. The Labute approximate surface area is 123 Å². The van der Waals surface area contributed by atoms with Crippen molar-refractivity contribution in [2.75, 3.05) is 0 Å². The third-order valence-electron chi connectivity index (χ3n) is 2.69. The van der Waals surface area contributed by atoms with E-state index in [-0.39, 0.29) is 10.7 Å². The summed E-state index contributed by atoms with van der Waals surface area (Å²) in [6.45, 7) is 1.54. The maximum Gasteiger partial charge on any atom is 0.358 e. The van der Waals surface area contributed by atoms with Gasteiger partial charge in [-0.05, 0) is 31.2 Å². The zero-order chi connectivity index (χ0) is 15.3. The van der Waals surface area contributed by atoms with Gasteiger partial charge in [0.2, 0.25) is 0 Å². The second-order valence-corrected chi connectivity index (χ2v) is 5.64. The lowest BCUT2D eigenvalue weighted by atomic mass is 10.0. The summed E-state index contributed by atoms with van der Waals surface area (Å²) in [6.07, 6.45) is 1.23. The van der Waals surface area contributed by atoms with Crippen LogP contribution in [0.5, 0.6) is 0 Å². The molecule has 0 heterocycles. The van der Waals surface area contributed by atoms with Gasteiger partial charge in [-0.2, -0.15) is 8.42 Å². The van der Waals surface area contributed by atoms with Crippen molar-refractivity contribution in [3.8, 4) is 0 Å². The van der Waals surface area contributed by atoms with Gasteiger partial charge in [0.25, 0.3) is 0 Å². The molecule has 0 unspecified atom stereocenters. The fraction of sp³-hybridized carbons (Fsp3) is 0.0667. The Morgan fingerprint density at radius 1 is 1.00 bits per heavy atom. The molecular formula is C15H13NO4S. The van der Waals surface area contributed by atoms with Gasteiger partial charge in [0.05, 0.1) is 0 Å². The van der Waals surface area contributed by atoms with Gasteiger partial charge < -0.3 is 0 Å². The van der Waals surface area contributed by atoms with Crippen LogP contribution < -0.4 is 0 Å². The average Bonchev–Trinajstić information content (AvgIpc) is 2.53. The lowest BCUT2D eigenvalue weighted by Crippen LogP contribution is -2.05. The Balaban J connectivity index is 2.26. The van der Waals surface area contributed by atoms with Crippen LogP contribution in [0.3, 0.4) is 0 Å². The van der Waals surface area contributed by atoms with Crippen LogP contribution in [0.25, 0.3) is 0 Å². The van der Waals surface area contributed by atoms with E-state index in [1.165, 1.54) is 37.4 Å². The van der Waals surface area contributed by atoms with Gasteiger partial charge in [-0.1, -0.05) is 35.5 Å². The van der Waals surface area contributed by atoms with Crippen LogP contribution in [0.2, 0.25) is 0 Å². The van der Waals surface area contributed by atoms with E-state index in [9.17, 15) is 13.2 Å².